The van der Waals surface area contributed by atoms with Crippen molar-refractivity contribution in [2.45, 2.75) is 18.9 Å². The van der Waals surface area contributed by atoms with E-state index in [-0.39, 0.29) is 28.9 Å². The standard InChI is InChI=1S/C16H21FN2O4/c17-12-3-2-11(14-15(12)23-7-1-6-22-14)16(21)19-8-10-4-5-18-9-13(10)20/h2-3,10,13,18,20H,1,4-9H2,(H,19,21)/t10-,13+/m0/s1. The molecule has 0 spiro atoms. The van der Waals surface area contributed by atoms with E-state index in [4.69, 9.17) is 9.47 Å². The van der Waals surface area contributed by atoms with Crippen LogP contribution < -0.4 is 20.1 Å². The van der Waals surface area contributed by atoms with Crippen molar-refractivity contribution in [1.82, 2.24) is 10.6 Å². The van der Waals surface area contributed by atoms with Crippen LogP contribution >= 0.6 is 0 Å². The van der Waals surface area contributed by atoms with Gasteiger partial charge in [0.05, 0.1) is 24.9 Å². The van der Waals surface area contributed by atoms with E-state index in [0.717, 1.165) is 13.0 Å². The predicted octanol–water partition coefficient (Wildman–Crippen LogP) is 0.687. The molecule has 1 amide bonds. The lowest BCUT2D eigenvalue weighted by Gasteiger charge is -2.28. The molecule has 2 heterocycles. The summed E-state index contributed by atoms with van der Waals surface area (Å²) < 4.78 is 24.7. The molecule has 0 aromatic heterocycles. The molecule has 0 unspecified atom stereocenters. The second-order valence-corrected chi connectivity index (χ2v) is 5.83. The Morgan fingerprint density at radius 2 is 2.13 bits per heavy atom. The molecule has 1 saturated heterocycles. The van der Waals surface area contributed by atoms with Gasteiger partial charge in [-0.15, -0.1) is 0 Å². The van der Waals surface area contributed by atoms with Crippen molar-refractivity contribution >= 4 is 5.91 Å². The third-order valence-electron chi connectivity index (χ3n) is 4.20. The number of carbonyl (C=O) groups excluding carboxylic acids is 1. The van der Waals surface area contributed by atoms with E-state index in [1.165, 1.54) is 12.1 Å². The van der Waals surface area contributed by atoms with Crippen LogP contribution in [-0.2, 0) is 0 Å². The highest BCUT2D eigenvalue weighted by atomic mass is 19.1. The SMILES string of the molecule is O=C(NC[C@@H]1CCNC[C@H]1O)c1ccc(F)c2c1OCCCO2. The van der Waals surface area contributed by atoms with Crippen LogP contribution in [0.3, 0.4) is 0 Å². The Morgan fingerprint density at radius 3 is 2.91 bits per heavy atom. The average molecular weight is 324 g/mol. The number of rotatable bonds is 3. The van der Waals surface area contributed by atoms with Crippen LogP contribution in [0.25, 0.3) is 0 Å². The molecule has 7 heteroatoms. The van der Waals surface area contributed by atoms with Crippen LogP contribution in [0.2, 0.25) is 0 Å². The lowest BCUT2D eigenvalue weighted by Crippen LogP contribution is -2.45. The summed E-state index contributed by atoms with van der Waals surface area (Å²) in [6, 6.07) is 2.61. The molecule has 23 heavy (non-hydrogen) atoms. The van der Waals surface area contributed by atoms with E-state index in [2.05, 4.69) is 10.6 Å². The van der Waals surface area contributed by atoms with Crippen LogP contribution in [0.15, 0.2) is 12.1 Å². The Labute approximate surface area is 134 Å². The Balaban J connectivity index is 1.72. The van der Waals surface area contributed by atoms with Crippen LogP contribution in [0.4, 0.5) is 4.39 Å². The van der Waals surface area contributed by atoms with Crippen molar-refractivity contribution in [2.24, 2.45) is 5.92 Å². The number of hydrogen-bond donors (Lipinski definition) is 3. The lowest BCUT2D eigenvalue weighted by atomic mass is 9.95. The molecule has 3 rings (SSSR count). The molecule has 0 radical (unpaired) electrons. The van der Waals surface area contributed by atoms with Crippen molar-refractivity contribution in [2.75, 3.05) is 32.8 Å². The van der Waals surface area contributed by atoms with Gasteiger partial charge in [0.25, 0.3) is 5.91 Å². The fourth-order valence-electron chi connectivity index (χ4n) is 2.86. The zero-order valence-corrected chi connectivity index (χ0v) is 12.8. The van der Waals surface area contributed by atoms with E-state index in [9.17, 15) is 14.3 Å². The largest absolute Gasteiger partial charge is 0.489 e. The van der Waals surface area contributed by atoms with Gasteiger partial charge in [-0.1, -0.05) is 0 Å². The quantitative estimate of drug-likeness (QED) is 0.762. The number of nitrogens with one attached hydrogen (secondary N) is 2. The Bertz CT molecular complexity index is 581. The van der Waals surface area contributed by atoms with E-state index < -0.39 is 11.9 Å². The number of halogens is 1. The minimum Gasteiger partial charge on any atom is -0.489 e. The molecular formula is C16H21FN2O4. The van der Waals surface area contributed by atoms with Crippen LogP contribution in [0, 0.1) is 11.7 Å². The van der Waals surface area contributed by atoms with Crippen LogP contribution in [0.1, 0.15) is 23.2 Å². The van der Waals surface area contributed by atoms with E-state index in [0.29, 0.717) is 32.7 Å². The third-order valence-corrected chi connectivity index (χ3v) is 4.20. The second-order valence-electron chi connectivity index (χ2n) is 5.83. The van der Waals surface area contributed by atoms with Gasteiger partial charge >= 0.3 is 0 Å². The average Bonchev–Trinajstić information content (AvgIpc) is 2.81. The van der Waals surface area contributed by atoms with Gasteiger partial charge in [-0.2, -0.15) is 0 Å². The van der Waals surface area contributed by atoms with Crippen molar-refractivity contribution in [3.63, 3.8) is 0 Å². The zero-order chi connectivity index (χ0) is 16.2. The second kappa shape index (κ2) is 7.14. The monoisotopic (exact) mass is 324 g/mol. The summed E-state index contributed by atoms with van der Waals surface area (Å²) in [5.41, 5.74) is 0.256. The number of aliphatic hydroxyl groups excluding tert-OH is 1. The van der Waals surface area contributed by atoms with Gasteiger partial charge in [-0.25, -0.2) is 4.39 Å². The number of benzene rings is 1. The normalized spacial score (nSPS) is 23.9. The first-order valence-electron chi connectivity index (χ1n) is 7.92. The molecule has 126 valence electrons. The van der Waals surface area contributed by atoms with Crippen molar-refractivity contribution in [3.05, 3.63) is 23.5 Å². The maximum atomic E-state index is 13.8. The van der Waals surface area contributed by atoms with E-state index >= 15 is 0 Å². The van der Waals surface area contributed by atoms with Crippen molar-refractivity contribution < 1.29 is 23.8 Å². The van der Waals surface area contributed by atoms with Crippen molar-refractivity contribution in [3.8, 4) is 11.5 Å². The van der Waals surface area contributed by atoms with Gasteiger partial charge in [0.15, 0.2) is 17.3 Å². The third kappa shape index (κ3) is 3.56. The van der Waals surface area contributed by atoms with Crippen LogP contribution in [-0.4, -0.2) is 50.0 Å². The molecule has 3 N–H and O–H groups in total. The number of carbonyl (C=O) groups is 1. The minimum absolute atomic E-state index is 0.00273. The molecular weight excluding hydrogens is 303 g/mol. The molecule has 2 aliphatic rings. The number of ether oxygens (including phenoxy) is 2. The number of β-amino-alcohol motifs (C(OH)–C–C–N with tert-alkyl or cyclic N) is 1. The minimum atomic E-state index is -0.535. The molecule has 2 aliphatic heterocycles. The van der Waals surface area contributed by atoms with Gasteiger partial charge in [-0.3, -0.25) is 4.79 Å². The van der Waals surface area contributed by atoms with Gasteiger partial charge in [0.1, 0.15) is 0 Å². The van der Waals surface area contributed by atoms with Gasteiger partial charge in [-0.05, 0) is 25.1 Å². The molecule has 6 nitrogen and oxygen atoms in total. The molecule has 0 aliphatic carbocycles. The maximum absolute atomic E-state index is 13.8. The van der Waals surface area contributed by atoms with Crippen LogP contribution in [0.5, 0.6) is 11.5 Å². The van der Waals surface area contributed by atoms with Gasteiger partial charge < -0.3 is 25.2 Å². The van der Waals surface area contributed by atoms with E-state index in [1.807, 2.05) is 0 Å². The molecule has 1 aromatic carbocycles. The number of aliphatic hydroxyl groups is 1. The summed E-state index contributed by atoms with van der Waals surface area (Å²) in [6.45, 7) is 2.46. The van der Waals surface area contributed by atoms with E-state index in [1.54, 1.807) is 0 Å². The molecule has 0 saturated carbocycles. The molecule has 1 aromatic rings. The number of hydrogen-bond acceptors (Lipinski definition) is 5. The first-order chi connectivity index (χ1) is 11.2. The summed E-state index contributed by atoms with van der Waals surface area (Å²) >= 11 is 0. The number of amides is 1. The van der Waals surface area contributed by atoms with Gasteiger partial charge in [0, 0.05) is 25.4 Å². The van der Waals surface area contributed by atoms with Gasteiger partial charge in [0.2, 0.25) is 0 Å². The Hall–Kier alpha value is -1.86. The summed E-state index contributed by atoms with van der Waals surface area (Å²) in [4.78, 5) is 12.4. The summed E-state index contributed by atoms with van der Waals surface area (Å²) in [6.07, 6.45) is 0.952. The maximum Gasteiger partial charge on any atom is 0.255 e. The smallest absolute Gasteiger partial charge is 0.255 e. The Kier molecular flexibility index (Phi) is 4.97. The molecule has 2 atom stereocenters. The summed E-state index contributed by atoms with van der Waals surface area (Å²) in [7, 11) is 0. The molecule has 0 bridgehead atoms. The zero-order valence-electron chi connectivity index (χ0n) is 12.8. The first kappa shape index (κ1) is 16.0. The molecule has 1 fully saturated rings. The summed E-state index contributed by atoms with van der Waals surface area (Å²) in [5, 5.41) is 15.8. The highest BCUT2D eigenvalue weighted by Gasteiger charge is 2.26. The predicted molar refractivity (Wildman–Crippen MR) is 81.3 cm³/mol. The van der Waals surface area contributed by atoms with Crippen molar-refractivity contribution in [1.29, 1.82) is 0 Å². The highest BCUT2D eigenvalue weighted by molar-refractivity contribution is 5.97. The lowest BCUT2D eigenvalue weighted by molar-refractivity contribution is 0.0752. The number of piperidine rings is 1. The highest BCUT2D eigenvalue weighted by Crippen LogP contribution is 2.35. The summed E-state index contributed by atoms with van der Waals surface area (Å²) in [5.74, 6) is -0.718. The first-order valence-corrected chi connectivity index (χ1v) is 7.92. The topological polar surface area (TPSA) is 79.8 Å². The fourth-order valence-corrected chi connectivity index (χ4v) is 2.86. The Morgan fingerprint density at radius 1 is 1.35 bits per heavy atom. The fraction of sp³-hybridized carbons (Fsp3) is 0.562. The number of fused-ring (bicyclic) bond motifs is 1.